The molecule has 3 N–H and O–H groups in total. The number of esters is 4. The molecule has 99 heavy (non-hydrogen) atoms. The van der Waals surface area contributed by atoms with E-state index < -0.39 is 97.5 Å². The van der Waals surface area contributed by atoms with Crippen molar-refractivity contribution < 1.29 is 80.2 Å². The van der Waals surface area contributed by atoms with Gasteiger partial charge >= 0.3 is 39.5 Å². The predicted octanol–water partition coefficient (Wildman–Crippen LogP) is 23.7. The van der Waals surface area contributed by atoms with E-state index in [1.54, 1.807) is 0 Å². The zero-order valence-electron chi connectivity index (χ0n) is 65.0. The highest BCUT2D eigenvalue weighted by atomic mass is 31.2. The molecule has 0 spiro atoms. The first-order valence-corrected chi connectivity index (χ1v) is 44.3. The van der Waals surface area contributed by atoms with Crippen LogP contribution in [0.4, 0.5) is 0 Å². The molecule has 0 heterocycles. The molecular weight excluding hydrogens is 1290 g/mol. The van der Waals surface area contributed by atoms with Crippen molar-refractivity contribution in [1.29, 1.82) is 0 Å². The van der Waals surface area contributed by atoms with Crippen molar-refractivity contribution in [2.24, 2.45) is 17.8 Å². The third kappa shape index (κ3) is 74.1. The highest BCUT2D eigenvalue weighted by molar-refractivity contribution is 7.47. The first-order chi connectivity index (χ1) is 47.7. The molecule has 0 aromatic carbocycles. The van der Waals surface area contributed by atoms with E-state index in [-0.39, 0.29) is 25.7 Å². The summed E-state index contributed by atoms with van der Waals surface area (Å²) in [5, 5.41) is 10.6. The van der Waals surface area contributed by atoms with Crippen LogP contribution in [-0.2, 0) is 65.4 Å². The zero-order valence-corrected chi connectivity index (χ0v) is 66.8. The van der Waals surface area contributed by atoms with Crippen LogP contribution in [0, 0.1) is 17.8 Å². The maximum atomic E-state index is 13.1. The van der Waals surface area contributed by atoms with Gasteiger partial charge in [-0.05, 0) is 43.4 Å². The zero-order chi connectivity index (χ0) is 73.0. The average molecular weight is 1450 g/mol. The number of phosphoric ester groups is 2. The maximum Gasteiger partial charge on any atom is 0.472 e. The molecule has 5 atom stereocenters. The molecule has 0 rings (SSSR count). The van der Waals surface area contributed by atoms with E-state index in [1.165, 1.54) is 218 Å². The Morgan fingerprint density at radius 1 is 0.273 bits per heavy atom. The molecule has 2 unspecified atom stereocenters. The third-order valence-corrected chi connectivity index (χ3v) is 20.5. The Morgan fingerprint density at radius 3 is 0.687 bits per heavy atom. The molecule has 0 radical (unpaired) electrons. The number of hydrogen-bond acceptors (Lipinski definition) is 15. The quantitative estimate of drug-likeness (QED) is 0.0222. The SMILES string of the molecule is CCCCCCCCCCCCCCCCCCCCCCC(=O)O[C@H](COC(=O)CCCCCCCCCCCCCCCCCC(C)C)COP(=O)(O)OC[C@@H](O)COP(=O)(O)OC[C@@H](COC(=O)CCCCCCCCCC(C)C)OC(=O)CCCCCCCCCCC(C)C. The number of aliphatic hydroxyl groups excluding tert-OH is 1. The van der Waals surface area contributed by atoms with E-state index in [1.807, 2.05) is 0 Å². The second-order valence-electron chi connectivity index (χ2n) is 30.2. The van der Waals surface area contributed by atoms with Crippen molar-refractivity contribution in [1.82, 2.24) is 0 Å². The highest BCUT2D eigenvalue weighted by Crippen LogP contribution is 2.45. The van der Waals surface area contributed by atoms with Gasteiger partial charge in [-0.3, -0.25) is 37.3 Å². The summed E-state index contributed by atoms with van der Waals surface area (Å²) in [6.07, 6.45) is 58.6. The number of ether oxygens (including phenoxy) is 4. The lowest BCUT2D eigenvalue weighted by Crippen LogP contribution is -2.30. The third-order valence-electron chi connectivity index (χ3n) is 18.6. The van der Waals surface area contributed by atoms with E-state index >= 15 is 0 Å². The predicted molar refractivity (Wildman–Crippen MR) is 405 cm³/mol. The first kappa shape index (κ1) is 97.1. The van der Waals surface area contributed by atoms with Crippen molar-refractivity contribution in [2.75, 3.05) is 39.6 Å². The summed E-state index contributed by atoms with van der Waals surface area (Å²) in [6.45, 7) is 11.9. The van der Waals surface area contributed by atoms with Gasteiger partial charge in [-0.1, -0.05) is 363 Å². The number of carbonyl (C=O) groups excluding carboxylic acids is 4. The van der Waals surface area contributed by atoms with Crippen LogP contribution in [0.5, 0.6) is 0 Å². The van der Waals surface area contributed by atoms with Gasteiger partial charge in [0, 0.05) is 25.7 Å². The lowest BCUT2D eigenvalue weighted by atomic mass is 10.0. The van der Waals surface area contributed by atoms with Crippen LogP contribution in [0.15, 0.2) is 0 Å². The Hall–Kier alpha value is -1.94. The van der Waals surface area contributed by atoms with Gasteiger partial charge < -0.3 is 33.8 Å². The van der Waals surface area contributed by atoms with Gasteiger partial charge in [-0.25, -0.2) is 9.13 Å². The van der Waals surface area contributed by atoms with Crippen LogP contribution in [0.3, 0.4) is 0 Å². The van der Waals surface area contributed by atoms with Crippen molar-refractivity contribution >= 4 is 39.5 Å². The molecule has 0 aliphatic carbocycles. The monoisotopic (exact) mass is 1450 g/mol. The van der Waals surface area contributed by atoms with E-state index in [0.717, 1.165) is 108 Å². The van der Waals surface area contributed by atoms with Crippen LogP contribution < -0.4 is 0 Å². The molecule has 0 aliphatic rings. The summed E-state index contributed by atoms with van der Waals surface area (Å²) in [6, 6.07) is 0. The van der Waals surface area contributed by atoms with Gasteiger partial charge in [0.15, 0.2) is 12.2 Å². The van der Waals surface area contributed by atoms with Crippen molar-refractivity contribution in [2.45, 2.75) is 433 Å². The summed E-state index contributed by atoms with van der Waals surface area (Å²) in [4.78, 5) is 72.9. The van der Waals surface area contributed by atoms with Gasteiger partial charge in [0.05, 0.1) is 26.4 Å². The molecule has 0 aromatic heterocycles. The van der Waals surface area contributed by atoms with Crippen LogP contribution in [0.2, 0.25) is 0 Å². The van der Waals surface area contributed by atoms with Gasteiger partial charge in [0.1, 0.15) is 19.3 Å². The minimum Gasteiger partial charge on any atom is -0.462 e. The van der Waals surface area contributed by atoms with E-state index in [9.17, 15) is 43.2 Å². The van der Waals surface area contributed by atoms with Crippen molar-refractivity contribution in [3.05, 3.63) is 0 Å². The number of hydrogen-bond donors (Lipinski definition) is 3. The van der Waals surface area contributed by atoms with Crippen LogP contribution in [-0.4, -0.2) is 96.7 Å². The Labute approximate surface area is 607 Å². The molecule has 0 aromatic rings. The van der Waals surface area contributed by atoms with Crippen molar-refractivity contribution in [3.8, 4) is 0 Å². The lowest BCUT2D eigenvalue weighted by molar-refractivity contribution is -0.161. The fraction of sp³-hybridized carbons (Fsp3) is 0.950. The topological polar surface area (TPSA) is 237 Å². The number of aliphatic hydroxyl groups is 1. The average Bonchev–Trinajstić information content (AvgIpc) is 0.959. The summed E-state index contributed by atoms with van der Waals surface area (Å²) in [7, 11) is -9.92. The Morgan fingerprint density at radius 2 is 0.465 bits per heavy atom. The maximum absolute atomic E-state index is 13.1. The van der Waals surface area contributed by atoms with E-state index in [0.29, 0.717) is 31.6 Å². The molecule has 19 heteroatoms. The smallest absolute Gasteiger partial charge is 0.462 e. The van der Waals surface area contributed by atoms with E-state index in [4.69, 9.17) is 37.0 Å². The largest absolute Gasteiger partial charge is 0.472 e. The fourth-order valence-corrected chi connectivity index (χ4v) is 13.9. The van der Waals surface area contributed by atoms with Gasteiger partial charge in [0.2, 0.25) is 0 Å². The summed E-state index contributed by atoms with van der Waals surface area (Å²) in [5.41, 5.74) is 0. The van der Waals surface area contributed by atoms with Gasteiger partial charge in [-0.15, -0.1) is 0 Å². The fourth-order valence-electron chi connectivity index (χ4n) is 12.3. The Kier molecular flexibility index (Phi) is 69.0. The molecule has 0 amide bonds. The van der Waals surface area contributed by atoms with Crippen LogP contribution in [0.1, 0.15) is 414 Å². The Balaban J connectivity index is 5.21. The second-order valence-corrected chi connectivity index (χ2v) is 33.1. The molecule has 0 fully saturated rings. The highest BCUT2D eigenvalue weighted by Gasteiger charge is 2.30. The minimum absolute atomic E-state index is 0.104. The normalized spacial score (nSPS) is 14.0. The number of carbonyl (C=O) groups is 4. The number of phosphoric acid groups is 2. The van der Waals surface area contributed by atoms with Crippen LogP contribution >= 0.6 is 15.6 Å². The minimum atomic E-state index is -4.96. The van der Waals surface area contributed by atoms with E-state index in [2.05, 4.69) is 48.5 Å². The van der Waals surface area contributed by atoms with Gasteiger partial charge in [0.25, 0.3) is 0 Å². The van der Waals surface area contributed by atoms with Gasteiger partial charge in [-0.2, -0.15) is 0 Å². The number of rotatable bonds is 78. The van der Waals surface area contributed by atoms with Crippen LogP contribution in [0.25, 0.3) is 0 Å². The second kappa shape index (κ2) is 70.4. The Bertz CT molecular complexity index is 1920. The standard InChI is InChI=1S/C80H156O17P2/c1-8-9-10-11-12-13-14-15-16-17-18-19-20-23-27-30-33-41-49-56-63-79(84)96-75(67-90-77(82)61-54-47-40-32-29-26-24-21-22-25-28-31-37-44-51-58-71(2)3)69-94-98(86,87)92-65-74(81)66-93-99(88,89)95-70-76(68-91-78(83)62-55-48-43-36-39-46-53-60-73(6)7)97-80(85)64-57-50-42-35-34-38-45-52-59-72(4)5/h71-76,81H,8-70H2,1-7H3,(H,86,87)(H,88,89)/t74-,75-,76-/m1/s1. The molecule has 17 nitrogen and oxygen atoms in total. The molecule has 0 saturated heterocycles. The molecule has 588 valence electrons. The summed E-state index contributed by atoms with van der Waals surface area (Å²) < 4.78 is 68.6. The molecule has 0 saturated carbocycles. The molecule has 0 aliphatic heterocycles. The first-order valence-electron chi connectivity index (χ1n) is 41.3. The summed E-state index contributed by atoms with van der Waals surface area (Å²) >= 11 is 0. The summed E-state index contributed by atoms with van der Waals surface area (Å²) in [5.74, 6) is 0.113. The molecule has 0 bridgehead atoms. The lowest BCUT2D eigenvalue weighted by Gasteiger charge is -2.21. The van der Waals surface area contributed by atoms with Crippen molar-refractivity contribution in [3.63, 3.8) is 0 Å². The number of unbranched alkanes of at least 4 members (excludes halogenated alkanes) is 46. The molecular formula is C80H156O17P2.